The third-order valence-electron chi connectivity index (χ3n) is 18.9. The van der Waals surface area contributed by atoms with Crippen molar-refractivity contribution in [3.63, 3.8) is 0 Å². The number of para-hydroxylation sites is 1. The second kappa shape index (κ2) is 16.1. The first kappa shape index (κ1) is 46.4. The Bertz CT molecular complexity index is 4320. The lowest BCUT2D eigenvalue weighted by Crippen LogP contribution is -2.62. The number of rotatable bonds is 4. The standard InChI is InChI=1S/C73H61BN2S/c1-44-23-13-14-26-48(44)46-39-64-67-65(40-46)76(61-33-21-15-27-49(61)45-24-11-10-12-25-45)62-38-36-51-50-28-16-22-34-66(50)77-69(51)68(62)74(67)60-42-58-59(73(8,9)55-32-20-19-31-54(55)72(58,6)7)43-63(60)75(64)47-35-37-56-57(41-47)71(4,5)53-30-18-17-29-52(53)70(56,2)3/h10-43H,1-9H3. The average Bonchev–Trinajstić information content (AvgIpc) is 3.84. The van der Waals surface area contributed by atoms with Gasteiger partial charge in [-0.2, -0.15) is 0 Å². The maximum atomic E-state index is 2.71. The lowest BCUT2D eigenvalue weighted by Gasteiger charge is -2.49. The molecule has 2 aliphatic heterocycles. The fourth-order valence-electron chi connectivity index (χ4n) is 14.9. The molecule has 4 aliphatic rings. The van der Waals surface area contributed by atoms with E-state index < -0.39 is 0 Å². The number of fused-ring (bicyclic) bond motifs is 12. The van der Waals surface area contributed by atoms with Gasteiger partial charge >= 0.3 is 0 Å². The van der Waals surface area contributed by atoms with Crippen LogP contribution in [0.3, 0.4) is 0 Å². The predicted molar refractivity (Wildman–Crippen MR) is 330 cm³/mol. The Morgan fingerprint density at radius 3 is 1.56 bits per heavy atom. The summed E-state index contributed by atoms with van der Waals surface area (Å²) in [5, 5.41) is 2.63. The second-order valence-electron chi connectivity index (χ2n) is 24.5. The summed E-state index contributed by atoms with van der Waals surface area (Å²) in [6.45, 7) is 21.8. The van der Waals surface area contributed by atoms with E-state index >= 15 is 0 Å². The summed E-state index contributed by atoms with van der Waals surface area (Å²) in [6, 6.07) is 79.4. The van der Waals surface area contributed by atoms with Crippen LogP contribution in [0, 0.1) is 6.92 Å². The van der Waals surface area contributed by atoms with Gasteiger partial charge in [-0.25, -0.2) is 0 Å². The first-order chi connectivity index (χ1) is 37.2. The van der Waals surface area contributed by atoms with Crippen LogP contribution >= 0.6 is 11.3 Å². The lowest BCUT2D eigenvalue weighted by molar-refractivity contribution is 0.520. The third kappa shape index (κ3) is 6.31. The van der Waals surface area contributed by atoms with Gasteiger partial charge in [0.1, 0.15) is 0 Å². The number of anilines is 6. The normalized spacial score (nSPS) is 16.5. The summed E-state index contributed by atoms with van der Waals surface area (Å²) < 4.78 is 2.67. The number of aryl methyl sites for hydroxylation is 1. The molecule has 0 fully saturated rings. The molecular formula is C73H61BN2S. The summed E-state index contributed by atoms with van der Waals surface area (Å²) in [7, 11) is 0. The highest BCUT2D eigenvalue weighted by Gasteiger charge is 2.50. The van der Waals surface area contributed by atoms with Crippen LogP contribution in [-0.4, -0.2) is 6.71 Å². The Hall–Kier alpha value is -7.92. The predicted octanol–water partition coefficient (Wildman–Crippen LogP) is 17.7. The van der Waals surface area contributed by atoms with Gasteiger partial charge in [-0.1, -0.05) is 213 Å². The summed E-state index contributed by atoms with van der Waals surface area (Å²) >= 11 is 1.96. The molecular weight excluding hydrogens is 948 g/mol. The van der Waals surface area contributed by atoms with E-state index in [-0.39, 0.29) is 28.4 Å². The molecule has 0 amide bonds. The Morgan fingerprint density at radius 1 is 0.351 bits per heavy atom. The molecule has 0 saturated heterocycles. The first-order valence-electron chi connectivity index (χ1n) is 27.6. The van der Waals surface area contributed by atoms with Crippen molar-refractivity contribution in [3.05, 3.63) is 256 Å². The average molecular weight is 1010 g/mol. The van der Waals surface area contributed by atoms with Crippen LogP contribution in [0.1, 0.15) is 105 Å². The van der Waals surface area contributed by atoms with Crippen LogP contribution in [-0.2, 0) is 21.7 Å². The van der Waals surface area contributed by atoms with Gasteiger partial charge in [-0.15, -0.1) is 11.3 Å². The first-order valence-corrected chi connectivity index (χ1v) is 28.4. The number of benzene rings is 10. The van der Waals surface area contributed by atoms with E-state index in [1.165, 1.54) is 143 Å². The minimum Gasteiger partial charge on any atom is -0.311 e. The highest BCUT2D eigenvalue weighted by Crippen LogP contribution is 2.56. The van der Waals surface area contributed by atoms with Crippen molar-refractivity contribution in [2.24, 2.45) is 0 Å². The van der Waals surface area contributed by atoms with Gasteiger partial charge in [-0.05, 0) is 144 Å². The maximum absolute atomic E-state index is 2.71. The number of hydrogen-bond donors (Lipinski definition) is 0. The molecule has 0 saturated carbocycles. The van der Waals surface area contributed by atoms with E-state index in [0.29, 0.717) is 0 Å². The minimum absolute atomic E-state index is 0.0923. The number of hydrogen-bond acceptors (Lipinski definition) is 3. The fourth-order valence-corrected chi connectivity index (χ4v) is 16.2. The van der Waals surface area contributed by atoms with Crippen molar-refractivity contribution in [1.29, 1.82) is 0 Å². The molecule has 0 spiro atoms. The van der Waals surface area contributed by atoms with Crippen LogP contribution in [0.5, 0.6) is 0 Å². The van der Waals surface area contributed by atoms with Crippen LogP contribution in [0.25, 0.3) is 42.4 Å². The van der Waals surface area contributed by atoms with Gasteiger partial charge < -0.3 is 9.80 Å². The zero-order valence-electron chi connectivity index (χ0n) is 45.5. The molecule has 10 aromatic carbocycles. The second-order valence-corrected chi connectivity index (χ2v) is 25.5. The van der Waals surface area contributed by atoms with Crippen LogP contribution < -0.4 is 26.2 Å². The van der Waals surface area contributed by atoms with Crippen molar-refractivity contribution in [2.45, 2.75) is 84.0 Å². The van der Waals surface area contributed by atoms with Gasteiger partial charge in [0.05, 0.1) is 5.69 Å². The van der Waals surface area contributed by atoms with Gasteiger partial charge in [0.15, 0.2) is 0 Å². The van der Waals surface area contributed by atoms with Crippen molar-refractivity contribution in [2.75, 3.05) is 9.80 Å². The molecule has 0 atom stereocenters. The van der Waals surface area contributed by atoms with Gasteiger partial charge in [-0.3, -0.25) is 0 Å². The molecule has 15 rings (SSSR count). The van der Waals surface area contributed by atoms with Crippen LogP contribution in [0.4, 0.5) is 34.1 Å². The van der Waals surface area contributed by atoms with E-state index in [1.54, 1.807) is 0 Å². The van der Waals surface area contributed by atoms with Crippen LogP contribution in [0.2, 0.25) is 0 Å². The third-order valence-corrected chi connectivity index (χ3v) is 20.1. The molecule has 0 N–H and O–H groups in total. The summed E-state index contributed by atoms with van der Waals surface area (Å²) in [6.07, 6.45) is 0. The molecule has 0 bridgehead atoms. The molecule has 0 unspecified atom stereocenters. The fraction of sp³-hybridized carbons (Fsp3) is 0.178. The number of thiophene rings is 1. The van der Waals surface area contributed by atoms with Crippen LogP contribution in [0.15, 0.2) is 206 Å². The summed E-state index contributed by atoms with van der Waals surface area (Å²) in [5.41, 5.74) is 27.8. The SMILES string of the molecule is Cc1ccccc1-c1cc2c3c(c1)N(c1ccccc1-c1ccccc1)c1ccc4c(sc5ccccc54)c1B3c1cc3c(cc1N2c1ccc2c(c1)C(C)(C)c1ccccc1C2(C)C)C(C)(C)c1ccccc1C3(C)C. The van der Waals surface area contributed by atoms with Gasteiger partial charge in [0.25, 0.3) is 6.71 Å². The lowest BCUT2D eigenvalue weighted by atomic mass is 9.33. The summed E-state index contributed by atoms with van der Waals surface area (Å²) in [5.74, 6) is 0. The summed E-state index contributed by atoms with van der Waals surface area (Å²) in [4.78, 5) is 5.36. The van der Waals surface area contributed by atoms with E-state index in [0.717, 1.165) is 0 Å². The van der Waals surface area contributed by atoms with E-state index in [2.05, 4.69) is 278 Å². The van der Waals surface area contributed by atoms with E-state index in [1.807, 2.05) is 11.3 Å². The Kier molecular flexibility index (Phi) is 9.68. The molecule has 4 heteroatoms. The molecule has 3 heterocycles. The van der Waals surface area contributed by atoms with Crippen molar-refractivity contribution in [1.82, 2.24) is 0 Å². The zero-order valence-corrected chi connectivity index (χ0v) is 46.3. The Labute approximate surface area is 458 Å². The quantitative estimate of drug-likeness (QED) is 0.162. The Balaban J connectivity index is 1.12. The van der Waals surface area contributed by atoms with E-state index in [9.17, 15) is 0 Å². The molecule has 11 aromatic rings. The monoisotopic (exact) mass is 1010 g/mol. The maximum Gasteiger partial charge on any atom is 0.254 e. The van der Waals surface area contributed by atoms with Gasteiger partial charge in [0, 0.05) is 70.4 Å². The zero-order chi connectivity index (χ0) is 52.5. The Morgan fingerprint density at radius 2 is 0.883 bits per heavy atom. The van der Waals surface area contributed by atoms with Crippen molar-refractivity contribution < 1.29 is 0 Å². The molecule has 0 radical (unpaired) electrons. The van der Waals surface area contributed by atoms with E-state index in [4.69, 9.17) is 0 Å². The highest BCUT2D eigenvalue weighted by atomic mass is 32.1. The minimum atomic E-state index is -0.261. The van der Waals surface area contributed by atoms with Crippen molar-refractivity contribution >= 4 is 88.7 Å². The molecule has 77 heavy (non-hydrogen) atoms. The molecule has 1 aromatic heterocycles. The topological polar surface area (TPSA) is 6.48 Å². The van der Waals surface area contributed by atoms with Gasteiger partial charge in [0.2, 0.25) is 0 Å². The highest BCUT2D eigenvalue weighted by molar-refractivity contribution is 7.28. The molecule has 2 aliphatic carbocycles. The smallest absolute Gasteiger partial charge is 0.254 e. The largest absolute Gasteiger partial charge is 0.311 e. The number of nitrogens with zero attached hydrogens (tertiary/aromatic N) is 2. The molecule has 2 nitrogen and oxygen atoms in total. The van der Waals surface area contributed by atoms with Crippen molar-refractivity contribution in [3.8, 4) is 22.3 Å². The molecule has 372 valence electrons.